The summed E-state index contributed by atoms with van der Waals surface area (Å²) in [6.07, 6.45) is 3.31. The average molecular weight is 313 g/mol. The number of aromatic nitrogens is 1. The largest absolute Gasteiger partial charge is 0.358 e. The second kappa shape index (κ2) is 6.75. The average Bonchev–Trinajstić information content (AvgIpc) is 3.16. The number of rotatable bonds is 5. The molecule has 1 saturated heterocycles. The van der Waals surface area contributed by atoms with Crippen molar-refractivity contribution in [2.75, 3.05) is 13.1 Å². The monoisotopic (exact) mass is 313 g/mol. The summed E-state index contributed by atoms with van der Waals surface area (Å²) in [5, 5.41) is 4.38. The van der Waals surface area contributed by atoms with Gasteiger partial charge in [-0.05, 0) is 69.5 Å². The highest BCUT2D eigenvalue weighted by Crippen LogP contribution is 2.22. The molecule has 0 bridgehead atoms. The van der Waals surface area contributed by atoms with Gasteiger partial charge in [-0.25, -0.2) is 0 Å². The zero-order valence-corrected chi connectivity index (χ0v) is 14.4. The first-order valence-electron chi connectivity index (χ1n) is 8.69. The maximum Gasteiger partial charge on any atom is 0.237 e. The number of aryl methyl sites for hydroxylation is 2. The number of hydrogen-bond donors (Lipinski definition) is 2. The summed E-state index contributed by atoms with van der Waals surface area (Å²) in [5.74, 6) is 0.163. The number of carbonyl (C=O) groups is 1. The lowest BCUT2D eigenvalue weighted by molar-refractivity contribution is -0.126. The molecule has 0 spiro atoms. The first-order valence-corrected chi connectivity index (χ1v) is 8.69. The van der Waals surface area contributed by atoms with Crippen LogP contribution in [0.2, 0.25) is 0 Å². The first kappa shape index (κ1) is 16.1. The van der Waals surface area contributed by atoms with Gasteiger partial charge in [-0.15, -0.1) is 0 Å². The molecule has 1 fully saturated rings. The van der Waals surface area contributed by atoms with Crippen molar-refractivity contribution >= 4 is 16.8 Å². The van der Waals surface area contributed by atoms with E-state index in [0.29, 0.717) is 6.54 Å². The highest BCUT2D eigenvalue weighted by atomic mass is 16.2. The molecule has 1 aromatic carbocycles. The van der Waals surface area contributed by atoms with Crippen molar-refractivity contribution in [1.29, 1.82) is 0 Å². The van der Waals surface area contributed by atoms with Gasteiger partial charge in [0.1, 0.15) is 0 Å². The Morgan fingerprint density at radius 3 is 2.74 bits per heavy atom. The molecule has 2 aromatic rings. The summed E-state index contributed by atoms with van der Waals surface area (Å²) >= 11 is 0. The molecule has 2 heterocycles. The Morgan fingerprint density at radius 2 is 2.04 bits per heavy atom. The standard InChI is InChI=1S/C19H27N3O/c1-4-18(22-9-5-6-10-22)19(23)20-12-15-7-8-17-16(11-15)13(2)14(3)21-17/h7-8,11,18,21H,4-6,9-10,12H2,1-3H3,(H,20,23)/t18-/m0/s1. The number of likely N-dealkylation sites (tertiary alicyclic amines) is 1. The Bertz CT molecular complexity index is 698. The van der Waals surface area contributed by atoms with Gasteiger partial charge in [0, 0.05) is 23.1 Å². The molecule has 2 N–H and O–H groups in total. The fraction of sp³-hybridized carbons (Fsp3) is 0.526. The molecule has 4 nitrogen and oxygen atoms in total. The van der Waals surface area contributed by atoms with Crippen LogP contribution in [0.25, 0.3) is 10.9 Å². The Hall–Kier alpha value is -1.81. The minimum absolute atomic E-state index is 0.0254. The molecule has 0 unspecified atom stereocenters. The zero-order chi connectivity index (χ0) is 16.4. The molecule has 1 atom stereocenters. The van der Waals surface area contributed by atoms with E-state index in [4.69, 9.17) is 0 Å². The maximum absolute atomic E-state index is 12.5. The van der Waals surface area contributed by atoms with Crippen molar-refractivity contribution in [2.45, 2.75) is 52.6 Å². The number of nitrogens with zero attached hydrogens (tertiary/aromatic N) is 1. The molecule has 23 heavy (non-hydrogen) atoms. The third-order valence-corrected chi connectivity index (χ3v) is 5.11. The molecule has 1 amide bonds. The van der Waals surface area contributed by atoms with E-state index in [2.05, 4.69) is 54.2 Å². The van der Waals surface area contributed by atoms with E-state index in [-0.39, 0.29) is 11.9 Å². The maximum atomic E-state index is 12.5. The van der Waals surface area contributed by atoms with Crippen molar-refractivity contribution in [3.05, 3.63) is 35.0 Å². The number of carbonyl (C=O) groups excluding carboxylic acids is 1. The third-order valence-electron chi connectivity index (χ3n) is 5.11. The lowest BCUT2D eigenvalue weighted by Gasteiger charge is -2.25. The van der Waals surface area contributed by atoms with Crippen LogP contribution in [0, 0.1) is 13.8 Å². The fourth-order valence-corrected chi connectivity index (χ4v) is 3.59. The minimum atomic E-state index is 0.0254. The molecule has 3 rings (SSSR count). The normalized spacial score (nSPS) is 16.8. The highest BCUT2D eigenvalue weighted by molar-refractivity contribution is 5.85. The minimum Gasteiger partial charge on any atom is -0.358 e. The van der Waals surface area contributed by atoms with Crippen LogP contribution in [-0.2, 0) is 11.3 Å². The van der Waals surface area contributed by atoms with Gasteiger partial charge < -0.3 is 10.3 Å². The Morgan fingerprint density at radius 1 is 1.30 bits per heavy atom. The van der Waals surface area contributed by atoms with Crippen LogP contribution in [-0.4, -0.2) is 34.9 Å². The molecular formula is C19H27N3O. The topological polar surface area (TPSA) is 48.1 Å². The van der Waals surface area contributed by atoms with Gasteiger partial charge in [-0.1, -0.05) is 13.0 Å². The quantitative estimate of drug-likeness (QED) is 0.890. The van der Waals surface area contributed by atoms with E-state index in [1.165, 1.54) is 35.0 Å². The second-order valence-electron chi connectivity index (χ2n) is 6.64. The molecule has 1 aliphatic heterocycles. The predicted octanol–water partition coefficient (Wildman–Crippen LogP) is 3.28. The van der Waals surface area contributed by atoms with E-state index < -0.39 is 0 Å². The number of benzene rings is 1. The summed E-state index contributed by atoms with van der Waals surface area (Å²) in [6, 6.07) is 6.41. The SMILES string of the molecule is CC[C@@H](C(=O)NCc1ccc2[nH]c(C)c(C)c2c1)N1CCCC1. The molecule has 0 saturated carbocycles. The van der Waals surface area contributed by atoms with Gasteiger partial charge in [-0.2, -0.15) is 0 Å². The highest BCUT2D eigenvalue weighted by Gasteiger charge is 2.26. The first-order chi connectivity index (χ1) is 11.1. The molecule has 0 radical (unpaired) electrons. The molecule has 0 aliphatic carbocycles. The number of H-pyrrole nitrogens is 1. The number of nitrogens with one attached hydrogen (secondary N) is 2. The van der Waals surface area contributed by atoms with Crippen molar-refractivity contribution in [2.24, 2.45) is 0 Å². The Labute approximate surface area is 138 Å². The second-order valence-corrected chi connectivity index (χ2v) is 6.64. The van der Waals surface area contributed by atoms with E-state index >= 15 is 0 Å². The van der Waals surface area contributed by atoms with Crippen molar-refractivity contribution in [3.63, 3.8) is 0 Å². The molecule has 1 aliphatic rings. The van der Waals surface area contributed by atoms with Gasteiger partial charge >= 0.3 is 0 Å². The third kappa shape index (κ3) is 3.27. The summed E-state index contributed by atoms with van der Waals surface area (Å²) < 4.78 is 0. The Kier molecular flexibility index (Phi) is 4.71. The summed E-state index contributed by atoms with van der Waals surface area (Å²) in [7, 11) is 0. The lowest BCUT2D eigenvalue weighted by Crippen LogP contribution is -2.45. The smallest absolute Gasteiger partial charge is 0.237 e. The van der Waals surface area contributed by atoms with Crippen molar-refractivity contribution in [3.8, 4) is 0 Å². The van der Waals surface area contributed by atoms with E-state index in [9.17, 15) is 4.79 Å². The summed E-state index contributed by atoms with van der Waals surface area (Å²) in [4.78, 5) is 18.2. The fourth-order valence-electron chi connectivity index (χ4n) is 3.59. The van der Waals surface area contributed by atoms with Gasteiger partial charge in [0.25, 0.3) is 0 Å². The predicted molar refractivity (Wildman–Crippen MR) is 94.5 cm³/mol. The van der Waals surface area contributed by atoms with Crippen LogP contribution in [0.4, 0.5) is 0 Å². The molecule has 124 valence electrons. The number of hydrogen-bond acceptors (Lipinski definition) is 2. The van der Waals surface area contributed by atoms with Crippen LogP contribution >= 0.6 is 0 Å². The van der Waals surface area contributed by atoms with Crippen LogP contribution in [0.1, 0.15) is 43.0 Å². The van der Waals surface area contributed by atoms with Crippen LogP contribution in [0.5, 0.6) is 0 Å². The zero-order valence-electron chi connectivity index (χ0n) is 14.4. The molecule has 4 heteroatoms. The number of fused-ring (bicyclic) bond motifs is 1. The van der Waals surface area contributed by atoms with Crippen LogP contribution in [0.15, 0.2) is 18.2 Å². The van der Waals surface area contributed by atoms with Gasteiger partial charge in [0.2, 0.25) is 5.91 Å². The van der Waals surface area contributed by atoms with Crippen LogP contribution in [0.3, 0.4) is 0 Å². The van der Waals surface area contributed by atoms with E-state index in [0.717, 1.165) is 25.1 Å². The van der Waals surface area contributed by atoms with Gasteiger partial charge in [0.05, 0.1) is 6.04 Å². The number of amides is 1. The van der Waals surface area contributed by atoms with Crippen molar-refractivity contribution < 1.29 is 4.79 Å². The lowest BCUT2D eigenvalue weighted by atomic mass is 10.1. The molecule has 1 aromatic heterocycles. The summed E-state index contributed by atoms with van der Waals surface area (Å²) in [6.45, 7) is 9.04. The van der Waals surface area contributed by atoms with Gasteiger partial charge in [-0.3, -0.25) is 9.69 Å². The molecular weight excluding hydrogens is 286 g/mol. The number of aromatic amines is 1. The van der Waals surface area contributed by atoms with E-state index in [1.54, 1.807) is 0 Å². The van der Waals surface area contributed by atoms with E-state index in [1.807, 2.05) is 0 Å². The van der Waals surface area contributed by atoms with Crippen LogP contribution < -0.4 is 5.32 Å². The van der Waals surface area contributed by atoms with Gasteiger partial charge in [0.15, 0.2) is 0 Å². The van der Waals surface area contributed by atoms with Crippen molar-refractivity contribution in [1.82, 2.24) is 15.2 Å². The summed E-state index contributed by atoms with van der Waals surface area (Å²) in [5.41, 5.74) is 4.82. The Balaban J connectivity index is 1.67.